The smallest absolute Gasteiger partial charge is 0.227 e. The van der Waals surface area contributed by atoms with Gasteiger partial charge in [-0.1, -0.05) is 22.0 Å². The maximum Gasteiger partial charge on any atom is 0.227 e. The highest BCUT2D eigenvalue weighted by molar-refractivity contribution is 9.10. The Bertz CT molecular complexity index is 713. The van der Waals surface area contributed by atoms with E-state index in [-0.39, 0.29) is 0 Å². The van der Waals surface area contributed by atoms with E-state index in [1.807, 2.05) is 30.3 Å². The highest BCUT2D eigenvalue weighted by atomic mass is 79.9. The molecular formula is C15H12BrNO. The first-order valence-electron chi connectivity index (χ1n) is 5.78. The zero-order valence-corrected chi connectivity index (χ0v) is 11.8. The fourth-order valence-corrected chi connectivity index (χ4v) is 2.20. The van der Waals surface area contributed by atoms with Gasteiger partial charge in [0.1, 0.15) is 5.52 Å². The molecule has 2 nitrogen and oxygen atoms in total. The predicted molar refractivity (Wildman–Crippen MR) is 76.6 cm³/mol. The summed E-state index contributed by atoms with van der Waals surface area (Å²) in [6.07, 6.45) is 0. The largest absolute Gasteiger partial charge is 0.436 e. The standard InChI is InChI=1S/C15H12BrNO/c1-9-3-8-13-14(10(9)2)18-15(17-13)11-4-6-12(16)7-5-11/h3-8H,1-2H3. The summed E-state index contributed by atoms with van der Waals surface area (Å²) in [6, 6.07) is 12.0. The van der Waals surface area contributed by atoms with Gasteiger partial charge in [-0.05, 0) is 55.3 Å². The first-order chi connectivity index (χ1) is 8.65. The van der Waals surface area contributed by atoms with Crippen LogP contribution < -0.4 is 0 Å². The molecule has 0 aliphatic heterocycles. The lowest BCUT2D eigenvalue weighted by Crippen LogP contribution is -1.79. The van der Waals surface area contributed by atoms with Crippen molar-refractivity contribution < 1.29 is 4.42 Å². The maximum absolute atomic E-state index is 5.88. The summed E-state index contributed by atoms with van der Waals surface area (Å²) in [6.45, 7) is 4.14. The molecule has 1 heterocycles. The molecular weight excluding hydrogens is 290 g/mol. The molecule has 0 aliphatic carbocycles. The van der Waals surface area contributed by atoms with Gasteiger partial charge in [-0.3, -0.25) is 0 Å². The molecule has 3 heteroatoms. The lowest BCUT2D eigenvalue weighted by Gasteiger charge is -1.97. The molecule has 0 atom stereocenters. The highest BCUT2D eigenvalue weighted by Crippen LogP contribution is 2.28. The molecule has 18 heavy (non-hydrogen) atoms. The molecule has 1 aromatic heterocycles. The van der Waals surface area contributed by atoms with E-state index < -0.39 is 0 Å². The molecule has 0 radical (unpaired) electrons. The number of rotatable bonds is 1. The summed E-state index contributed by atoms with van der Waals surface area (Å²) in [4.78, 5) is 4.53. The van der Waals surface area contributed by atoms with Crippen LogP contribution in [0.3, 0.4) is 0 Å². The molecule has 0 aliphatic rings. The Balaban J connectivity index is 2.19. The van der Waals surface area contributed by atoms with Crippen molar-refractivity contribution in [3.63, 3.8) is 0 Å². The molecule has 0 saturated carbocycles. The topological polar surface area (TPSA) is 26.0 Å². The average molecular weight is 302 g/mol. The monoisotopic (exact) mass is 301 g/mol. The van der Waals surface area contributed by atoms with Crippen molar-refractivity contribution in [1.82, 2.24) is 4.98 Å². The SMILES string of the molecule is Cc1ccc2nc(-c3ccc(Br)cc3)oc2c1C. The summed E-state index contributed by atoms with van der Waals surface area (Å²) in [5, 5.41) is 0. The van der Waals surface area contributed by atoms with Crippen LogP contribution in [-0.4, -0.2) is 4.98 Å². The van der Waals surface area contributed by atoms with Gasteiger partial charge in [0.2, 0.25) is 5.89 Å². The minimum Gasteiger partial charge on any atom is -0.436 e. The summed E-state index contributed by atoms with van der Waals surface area (Å²) >= 11 is 3.42. The van der Waals surface area contributed by atoms with E-state index in [4.69, 9.17) is 4.42 Å². The van der Waals surface area contributed by atoms with Crippen LogP contribution >= 0.6 is 15.9 Å². The van der Waals surface area contributed by atoms with Gasteiger partial charge in [0.25, 0.3) is 0 Å². The number of hydrogen-bond donors (Lipinski definition) is 0. The van der Waals surface area contributed by atoms with Crippen molar-refractivity contribution in [2.24, 2.45) is 0 Å². The Morgan fingerprint density at radius 2 is 1.72 bits per heavy atom. The normalized spacial score (nSPS) is 11.1. The van der Waals surface area contributed by atoms with Gasteiger partial charge in [0.15, 0.2) is 5.58 Å². The molecule has 0 unspecified atom stereocenters. The van der Waals surface area contributed by atoms with Crippen LogP contribution in [0.2, 0.25) is 0 Å². The van der Waals surface area contributed by atoms with Gasteiger partial charge in [-0.15, -0.1) is 0 Å². The molecule has 0 fully saturated rings. The van der Waals surface area contributed by atoms with E-state index >= 15 is 0 Å². The third kappa shape index (κ3) is 1.85. The Morgan fingerprint density at radius 1 is 1.00 bits per heavy atom. The molecule has 0 spiro atoms. The quantitative estimate of drug-likeness (QED) is 0.640. The van der Waals surface area contributed by atoms with E-state index in [9.17, 15) is 0 Å². The first-order valence-corrected chi connectivity index (χ1v) is 6.57. The van der Waals surface area contributed by atoms with Gasteiger partial charge in [0, 0.05) is 10.0 Å². The fraction of sp³-hybridized carbons (Fsp3) is 0.133. The van der Waals surface area contributed by atoms with Crippen molar-refractivity contribution in [3.8, 4) is 11.5 Å². The van der Waals surface area contributed by atoms with E-state index in [1.165, 1.54) is 5.56 Å². The van der Waals surface area contributed by atoms with Crippen molar-refractivity contribution in [2.45, 2.75) is 13.8 Å². The van der Waals surface area contributed by atoms with E-state index in [1.54, 1.807) is 0 Å². The number of aromatic nitrogens is 1. The number of benzene rings is 2. The summed E-state index contributed by atoms with van der Waals surface area (Å²) < 4.78 is 6.93. The lowest BCUT2D eigenvalue weighted by molar-refractivity contribution is 0.617. The molecule has 3 rings (SSSR count). The van der Waals surface area contributed by atoms with Gasteiger partial charge < -0.3 is 4.42 Å². The third-order valence-corrected chi connectivity index (χ3v) is 3.70. The highest BCUT2D eigenvalue weighted by Gasteiger charge is 2.10. The van der Waals surface area contributed by atoms with Crippen LogP contribution in [0.5, 0.6) is 0 Å². The Labute approximate surface area is 114 Å². The number of nitrogens with zero attached hydrogens (tertiary/aromatic N) is 1. The second kappa shape index (κ2) is 4.25. The third-order valence-electron chi connectivity index (χ3n) is 3.17. The van der Waals surface area contributed by atoms with Crippen molar-refractivity contribution in [3.05, 3.63) is 52.0 Å². The molecule has 90 valence electrons. The molecule has 3 aromatic rings. The second-order valence-electron chi connectivity index (χ2n) is 4.38. The Morgan fingerprint density at radius 3 is 2.44 bits per heavy atom. The molecule has 0 saturated heterocycles. The zero-order chi connectivity index (χ0) is 12.7. The van der Waals surface area contributed by atoms with Gasteiger partial charge in [0.05, 0.1) is 0 Å². The van der Waals surface area contributed by atoms with Crippen LogP contribution in [0, 0.1) is 13.8 Å². The van der Waals surface area contributed by atoms with Crippen LogP contribution in [0.1, 0.15) is 11.1 Å². The molecule has 0 N–H and O–H groups in total. The van der Waals surface area contributed by atoms with Crippen molar-refractivity contribution >= 4 is 27.0 Å². The molecule has 2 aromatic carbocycles. The van der Waals surface area contributed by atoms with Crippen molar-refractivity contribution in [1.29, 1.82) is 0 Å². The van der Waals surface area contributed by atoms with Crippen LogP contribution in [0.25, 0.3) is 22.6 Å². The molecule has 0 amide bonds. The number of oxazole rings is 1. The number of aryl methyl sites for hydroxylation is 2. The van der Waals surface area contributed by atoms with Crippen LogP contribution in [0.4, 0.5) is 0 Å². The zero-order valence-electron chi connectivity index (χ0n) is 10.2. The van der Waals surface area contributed by atoms with Crippen LogP contribution in [-0.2, 0) is 0 Å². The predicted octanol–water partition coefficient (Wildman–Crippen LogP) is 4.87. The number of hydrogen-bond acceptors (Lipinski definition) is 2. The minimum absolute atomic E-state index is 0.672. The maximum atomic E-state index is 5.88. The van der Waals surface area contributed by atoms with E-state index in [2.05, 4.69) is 40.8 Å². The van der Waals surface area contributed by atoms with Gasteiger partial charge in [-0.2, -0.15) is 0 Å². The Kier molecular flexibility index (Phi) is 2.71. The van der Waals surface area contributed by atoms with E-state index in [0.717, 1.165) is 26.7 Å². The fourth-order valence-electron chi connectivity index (χ4n) is 1.94. The summed E-state index contributed by atoms with van der Waals surface area (Å²) in [5.74, 6) is 0.672. The van der Waals surface area contributed by atoms with Crippen molar-refractivity contribution in [2.75, 3.05) is 0 Å². The number of halogens is 1. The van der Waals surface area contributed by atoms with Gasteiger partial charge in [-0.25, -0.2) is 4.98 Å². The minimum atomic E-state index is 0.672. The summed E-state index contributed by atoms with van der Waals surface area (Å²) in [5.41, 5.74) is 5.17. The molecule has 0 bridgehead atoms. The van der Waals surface area contributed by atoms with Gasteiger partial charge >= 0.3 is 0 Å². The van der Waals surface area contributed by atoms with Crippen LogP contribution in [0.15, 0.2) is 45.3 Å². The lowest BCUT2D eigenvalue weighted by atomic mass is 10.1. The Hall–Kier alpha value is -1.61. The second-order valence-corrected chi connectivity index (χ2v) is 5.30. The van der Waals surface area contributed by atoms with E-state index in [0.29, 0.717) is 5.89 Å². The summed E-state index contributed by atoms with van der Waals surface area (Å²) in [7, 11) is 0. The first kappa shape index (κ1) is 11.5. The number of fused-ring (bicyclic) bond motifs is 1. The average Bonchev–Trinajstić information content (AvgIpc) is 2.80.